The van der Waals surface area contributed by atoms with Gasteiger partial charge in [0.2, 0.25) is 0 Å². The number of thioether (sulfide) groups is 1. The first-order chi connectivity index (χ1) is 4.68. The van der Waals surface area contributed by atoms with E-state index in [2.05, 4.69) is 36.0 Å². The lowest BCUT2D eigenvalue weighted by atomic mass is 10.0. The average Bonchev–Trinajstić information content (AvgIpc) is 1.88. The maximum Gasteiger partial charge on any atom is 0.0143 e. The van der Waals surface area contributed by atoms with Gasteiger partial charge in [-0.2, -0.15) is 11.8 Å². The van der Waals surface area contributed by atoms with Crippen molar-refractivity contribution < 1.29 is 0 Å². The van der Waals surface area contributed by atoms with E-state index in [4.69, 9.17) is 0 Å². The molecule has 0 bridgehead atoms. The largest absolute Gasteiger partial charge is 0.165 e. The minimum absolute atomic E-state index is 0.675. The van der Waals surface area contributed by atoms with Crippen molar-refractivity contribution in [2.24, 2.45) is 5.92 Å². The third-order valence-corrected chi connectivity index (χ3v) is 3.39. The van der Waals surface area contributed by atoms with Gasteiger partial charge in [0.25, 0.3) is 0 Å². The Balaban J connectivity index is 3.13. The molecule has 0 aromatic carbocycles. The molecule has 0 aromatic rings. The Labute approximate surface area is 77.3 Å². The molecule has 2 unspecified atom stereocenters. The fraction of sp³-hybridized carbons (Fsp3) is 1.00. The summed E-state index contributed by atoms with van der Waals surface area (Å²) < 4.78 is 0. The molecule has 0 nitrogen and oxygen atoms in total. The standard InChI is InChI=1S/C8H17BrS/c1-7(8(2)9)5-4-6-10-3/h7-8H,4-6H2,1-3H3. The number of rotatable bonds is 5. The maximum atomic E-state index is 3.59. The van der Waals surface area contributed by atoms with Gasteiger partial charge in [-0.15, -0.1) is 0 Å². The molecule has 0 saturated heterocycles. The van der Waals surface area contributed by atoms with Crippen LogP contribution >= 0.6 is 27.7 Å². The maximum absolute atomic E-state index is 3.59. The molecule has 0 rings (SSSR count). The lowest BCUT2D eigenvalue weighted by Crippen LogP contribution is -2.06. The molecule has 0 amide bonds. The first-order valence-corrected chi connectivity index (χ1v) is 6.12. The van der Waals surface area contributed by atoms with E-state index in [9.17, 15) is 0 Å². The van der Waals surface area contributed by atoms with E-state index in [1.165, 1.54) is 18.6 Å². The van der Waals surface area contributed by atoms with Gasteiger partial charge in [0, 0.05) is 4.83 Å². The third kappa shape index (κ3) is 5.60. The summed E-state index contributed by atoms with van der Waals surface area (Å²) in [5.41, 5.74) is 0. The molecule has 62 valence electrons. The van der Waals surface area contributed by atoms with E-state index in [-0.39, 0.29) is 0 Å². The molecule has 0 aliphatic carbocycles. The minimum Gasteiger partial charge on any atom is -0.165 e. The fourth-order valence-electron chi connectivity index (χ4n) is 0.779. The van der Waals surface area contributed by atoms with Gasteiger partial charge in [-0.25, -0.2) is 0 Å². The highest BCUT2D eigenvalue weighted by atomic mass is 79.9. The summed E-state index contributed by atoms with van der Waals surface area (Å²) in [5.74, 6) is 2.14. The molecule has 0 aliphatic rings. The van der Waals surface area contributed by atoms with E-state index in [1.807, 2.05) is 11.8 Å². The second-order valence-corrected chi connectivity index (χ2v) is 5.22. The molecule has 0 saturated carbocycles. The monoisotopic (exact) mass is 224 g/mol. The zero-order valence-electron chi connectivity index (χ0n) is 7.06. The average molecular weight is 225 g/mol. The Kier molecular flexibility index (Phi) is 7.08. The Bertz CT molecular complexity index is 73.7. The summed E-state index contributed by atoms with van der Waals surface area (Å²) in [6.07, 6.45) is 4.88. The van der Waals surface area contributed by atoms with E-state index < -0.39 is 0 Å². The second-order valence-electron chi connectivity index (χ2n) is 2.79. The summed E-state index contributed by atoms with van der Waals surface area (Å²) in [6, 6.07) is 0. The van der Waals surface area contributed by atoms with Gasteiger partial charge in [0.05, 0.1) is 0 Å². The van der Waals surface area contributed by atoms with Crippen molar-refractivity contribution >= 4 is 27.7 Å². The molecule has 0 aromatic heterocycles. The number of halogens is 1. The summed E-state index contributed by atoms with van der Waals surface area (Å²) >= 11 is 5.53. The van der Waals surface area contributed by atoms with Crippen molar-refractivity contribution in [2.45, 2.75) is 31.5 Å². The van der Waals surface area contributed by atoms with Crippen LogP contribution in [0.25, 0.3) is 0 Å². The SMILES string of the molecule is CSCCCC(C)C(C)Br. The molecular weight excluding hydrogens is 208 g/mol. The summed E-state index contributed by atoms with van der Waals surface area (Å²) in [4.78, 5) is 0.675. The highest BCUT2D eigenvalue weighted by Crippen LogP contribution is 2.17. The third-order valence-electron chi connectivity index (χ3n) is 1.79. The smallest absolute Gasteiger partial charge is 0.0143 e. The van der Waals surface area contributed by atoms with Crippen molar-refractivity contribution in [3.63, 3.8) is 0 Å². The molecule has 0 heterocycles. The van der Waals surface area contributed by atoms with Gasteiger partial charge in [0.1, 0.15) is 0 Å². The minimum atomic E-state index is 0.675. The van der Waals surface area contributed by atoms with Crippen LogP contribution < -0.4 is 0 Å². The molecule has 0 aliphatic heterocycles. The summed E-state index contributed by atoms with van der Waals surface area (Å²) in [7, 11) is 0. The molecular formula is C8H17BrS. The predicted molar refractivity (Wildman–Crippen MR) is 55.2 cm³/mol. The van der Waals surface area contributed by atoms with Crippen molar-refractivity contribution in [2.75, 3.05) is 12.0 Å². The van der Waals surface area contributed by atoms with E-state index in [1.54, 1.807) is 0 Å². The lowest BCUT2D eigenvalue weighted by molar-refractivity contribution is 0.528. The topological polar surface area (TPSA) is 0 Å². The molecule has 0 radical (unpaired) electrons. The van der Waals surface area contributed by atoms with Crippen LogP contribution in [0.4, 0.5) is 0 Å². The number of alkyl halides is 1. The molecule has 0 N–H and O–H groups in total. The summed E-state index contributed by atoms with van der Waals surface area (Å²) in [6.45, 7) is 4.53. The molecule has 0 fully saturated rings. The predicted octanol–water partition coefficient (Wildman–Crippen LogP) is 3.55. The van der Waals surface area contributed by atoms with Gasteiger partial charge in [-0.1, -0.05) is 29.8 Å². The van der Waals surface area contributed by atoms with Crippen LogP contribution in [0.5, 0.6) is 0 Å². The number of hydrogen-bond acceptors (Lipinski definition) is 1. The van der Waals surface area contributed by atoms with Crippen molar-refractivity contribution in [1.82, 2.24) is 0 Å². The second kappa shape index (κ2) is 6.53. The van der Waals surface area contributed by atoms with Gasteiger partial charge >= 0.3 is 0 Å². The normalized spacial score (nSPS) is 16.8. The van der Waals surface area contributed by atoms with Gasteiger partial charge in [0.15, 0.2) is 0 Å². The zero-order chi connectivity index (χ0) is 7.98. The Morgan fingerprint density at radius 2 is 2.00 bits per heavy atom. The van der Waals surface area contributed by atoms with Crippen LogP contribution in [0.2, 0.25) is 0 Å². The Morgan fingerprint density at radius 3 is 2.40 bits per heavy atom. The van der Waals surface area contributed by atoms with Crippen LogP contribution in [0, 0.1) is 5.92 Å². The van der Waals surface area contributed by atoms with Gasteiger partial charge in [-0.3, -0.25) is 0 Å². The van der Waals surface area contributed by atoms with Gasteiger partial charge in [-0.05, 0) is 30.8 Å². The first-order valence-electron chi connectivity index (χ1n) is 3.81. The zero-order valence-corrected chi connectivity index (χ0v) is 9.46. The van der Waals surface area contributed by atoms with Gasteiger partial charge < -0.3 is 0 Å². The highest BCUT2D eigenvalue weighted by molar-refractivity contribution is 9.09. The molecule has 2 heteroatoms. The van der Waals surface area contributed by atoms with Crippen molar-refractivity contribution in [3.8, 4) is 0 Å². The fourth-order valence-corrected chi connectivity index (χ4v) is 1.50. The van der Waals surface area contributed by atoms with Crippen molar-refractivity contribution in [1.29, 1.82) is 0 Å². The van der Waals surface area contributed by atoms with E-state index >= 15 is 0 Å². The number of hydrogen-bond donors (Lipinski definition) is 0. The van der Waals surface area contributed by atoms with Crippen LogP contribution in [0.1, 0.15) is 26.7 Å². The highest BCUT2D eigenvalue weighted by Gasteiger charge is 2.06. The quantitative estimate of drug-likeness (QED) is 0.509. The summed E-state index contributed by atoms with van der Waals surface area (Å²) in [5, 5.41) is 0. The van der Waals surface area contributed by atoms with E-state index in [0.29, 0.717) is 4.83 Å². The van der Waals surface area contributed by atoms with Crippen LogP contribution in [0.15, 0.2) is 0 Å². The van der Waals surface area contributed by atoms with Crippen LogP contribution in [0.3, 0.4) is 0 Å². The van der Waals surface area contributed by atoms with Crippen LogP contribution in [-0.2, 0) is 0 Å². The Hall–Kier alpha value is 0.830. The molecule has 10 heavy (non-hydrogen) atoms. The molecule has 0 spiro atoms. The van der Waals surface area contributed by atoms with Crippen molar-refractivity contribution in [3.05, 3.63) is 0 Å². The Morgan fingerprint density at radius 1 is 1.40 bits per heavy atom. The molecule has 2 atom stereocenters. The van der Waals surface area contributed by atoms with Crippen LogP contribution in [-0.4, -0.2) is 16.8 Å². The lowest BCUT2D eigenvalue weighted by Gasteiger charge is -2.12. The first kappa shape index (κ1) is 10.8. The van der Waals surface area contributed by atoms with E-state index in [0.717, 1.165) is 5.92 Å².